The van der Waals surface area contributed by atoms with Crippen molar-refractivity contribution in [2.75, 3.05) is 20.3 Å². The Morgan fingerprint density at radius 1 is 1.20 bits per heavy atom. The lowest BCUT2D eigenvalue weighted by Crippen LogP contribution is -2.48. The summed E-state index contributed by atoms with van der Waals surface area (Å²) >= 11 is 0. The maximum absolute atomic E-state index is 14.0. The predicted octanol–water partition coefficient (Wildman–Crippen LogP) is 4.03. The minimum atomic E-state index is -0.702. The van der Waals surface area contributed by atoms with E-state index in [-0.39, 0.29) is 30.6 Å². The van der Waals surface area contributed by atoms with Gasteiger partial charge in [-0.2, -0.15) is 0 Å². The van der Waals surface area contributed by atoms with Crippen LogP contribution in [0, 0.1) is 19.7 Å². The second kappa shape index (κ2) is 8.98. The van der Waals surface area contributed by atoms with Crippen LogP contribution in [0.15, 0.2) is 53.7 Å². The van der Waals surface area contributed by atoms with Gasteiger partial charge in [-0.15, -0.1) is 0 Å². The molecule has 0 aliphatic carbocycles. The second-order valence-electron chi connectivity index (χ2n) is 7.10. The third-order valence-electron chi connectivity index (χ3n) is 5.02. The highest BCUT2D eigenvalue weighted by Crippen LogP contribution is 2.33. The minimum Gasteiger partial charge on any atom is -0.484 e. The summed E-state index contributed by atoms with van der Waals surface area (Å²) < 4.78 is 24.9. The van der Waals surface area contributed by atoms with Crippen LogP contribution in [-0.4, -0.2) is 37.2 Å². The molecule has 1 unspecified atom stereocenters. The zero-order chi connectivity index (χ0) is 21.8. The molecule has 158 valence electrons. The fourth-order valence-corrected chi connectivity index (χ4v) is 3.39. The van der Waals surface area contributed by atoms with Gasteiger partial charge in [-0.25, -0.2) is 14.0 Å². The number of hydrogen-bond acceptors (Lipinski definition) is 4. The van der Waals surface area contributed by atoms with Gasteiger partial charge in [-0.1, -0.05) is 35.9 Å². The van der Waals surface area contributed by atoms with E-state index in [9.17, 15) is 14.0 Å². The topological polar surface area (TPSA) is 67.9 Å². The van der Waals surface area contributed by atoms with Gasteiger partial charge in [-0.3, -0.25) is 4.90 Å². The quantitative estimate of drug-likeness (QED) is 0.728. The van der Waals surface area contributed by atoms with Crippen molar-refractivity contribution in [1.82, 2.24) is 10.2 Å². The molecule has 1 N–H and O–H groups in total. The van der Waals surface area contributed by atoms with Crippen molar-refractivity contribution in [3.63, 3.8) is 0 Å². The van der Waals surface area contributed by atoms with Crippen LogP contribution in [0.4, 0.5) is 9.18 Å². The number of nitrogens with one attached hydrogen (secondary N) is 1. The van der Waals surface area contributed by atoms with Gasteiger partial charge in [0.15, 0.2) is 11.6 Å². The molecule has 2 amide bonds. The van der Waals surface area contributed by atoms with Crippen molar-refractivity contribution >= 4 is 12.0 Å². The maximum Gasteiger partial charge on any atom is 0.338 e. The predicted molar refractivity (Wildman–Crippen MR) is 111 cm³/mol. The van der Waals surface area contributed by atoms with E-state index < -0.39 is 17.8 Å². The summed E-state index contributed by atoms with van der Waals surface area (Å²) in [5.74, 6) is -1.04. The lowest BCUT2D eigenvalue weighted by atomic mass is 9.90. The average Bonchev–Trinajstić information content (AvgIpc) is 2.71. The molecule has 1 aliphatic rings. The summed E-state index contributed by atoms with van der Waals surface area (Å²) in [6, 6.07) is 10.7. The number of ether oxygens (including phenoxy) is 2. The number of hydrogen-bond donors (Lipinski definition) is 1. The van der Waals surface area contributed by atoms with Crippen LogP contribution >= 0.6 is 0 Å². The molecule has 3 rings (SSSR count). The van der Waals surface area contributed by atoms with Gasteiger partial charge < -0.3 is 14.8 Å². The highest BCUT2D eigenvalue weighted by Gasteiger charge is 2.37. The molecule has 0 fully saturated rings. The molecule has 0 aromatic heterocycles. The molecule has 0 saturated heterocycles. The first-order chi connectivity index (χ1) is 14.3. The van der Waals surface area contributed by atoms with Gasteiger partial charge in [0.2, 0.25) is 0 Å². The third-order valence-corrected chi connectivity index (χ3v) is 5.02. The molecular weight excluding hydrogens is 387 g/mol. The second-order valence-corrected chi connectivity index (χ2v) is 7.10. The van der Waals surface area contributed by atoms with Crippen LogP contribution in [0.1, 0.15) is 29.7 Å². The molecule has 2 aromatic carbocycles. The Bertz CT molecular complexity index is 1000. The average molecular weight is 412 g/mol. The highest BCUT2D eigenvalue weighted by molar-refractivity contribution is 5.95. The molecule has 1 atom stereocenters. The summed E-state index contributed by atoms with van der Waals surface area (Å²) in [5.41, 5.74) is 3.31. The fraction of sp³-hybridized carbons (Fsp3) is 0.304. The summed E-state index contributed by atoms with van der Waals surface area (Å²) in [6.07, 6.45) is 0. The number of benzene rings is 2. The standard InChI is InChI=1S/C23H25FN2O4/c1-5-29-22(27)20-18(13-30-19-9-7-6-8-17(19)24)26(4)23(28)25-21(20)16-12-14(2)10-11-15(16)3/h6-12,21H,5,13H2,1-4H3,(H,25,28). The fourth-order valence-electron chi connectivity index (χ4n) is 3.39. The number of urea groups is 1. The van der Waals surface area contributed by atoms with Crippen molar-refractivity contribution in [1.29, 1.82) is 0 Å². The number of halogens is 1. The molecule has 0 saturated carbocycles. The highest BCUT2D eigenvalue weighted by atomic mass is 19.1. The Balaban J connectivity index is 2.09. The molecule has 1 heterocycles. The van der Waals surface area contributed by atoms with Crippen molar-refractivity contribution < 1.29 is 23.5 Å². The first-order valence-electron chi connectivity index (χ1n) is 9.72. The van der Waals surface area contributed by atoms with Crippen molar-refractivity contribution in [3.05, 3.63) is 76.2 Å². The molecule has 2 aromatic rings. The molecule has 0 spiro atoms. The summed E-state index contributed by atoms with van der Waals surface area (Å²) in [4.78, 5) is 26.9. The lowest BCUT2D eigenvalue weighted by molar-refractivity contribution is -0.139. The number of carbonyl (C=O) groups excluding carboxylic acids is 2. The number of likely N-dealkylation sites (N-methyl/N-ethyl adjacent to an activating group) is 1. The van der Waals surface area contributed by atoms with Crippen molar-refractivity contribution in [2.24, 2.45) is 0 Å². The molecular formula is C23H25FN2O4. The third kappa shape index (κ3) is 4.30. The normalized spacial score (nSPS) is 16.4. The van der Waals surface area contributed by atoms with Gasteiger partial charge >= 0.3 is 12.0 Å². The van der Waals surface area contributed by atoms with Crippen LogP contribution in [0.3, 0.4) is 0 Å². The van der Waals surface area contributed by atoms with Gasteiger partial charge in [-0.05, 0) is 44.0 Å². The number of amides is 2. The largest absolute Gasteiger partial charge is 0.484 e. The summed E-state index contributed by atoms with van der Waals surface area (Å²) in [6.45, 7) is 5.58. The Morgan fingerprint density at radius 2 is 1.93 bits per heavy atom. The van der Waals surface area contributed by atoms with Crippen molar-refractivity contribution in [2.45, 2.75) is 26.8 Å². The summed E-state index contributed by atoms with van der Waals surface area (Å²) in [7, 11) is 1.54. The van der Waals surface area contributed by atoms with E-state index in [1.54, 1.807) is 19.1 Å². The number of esters is 1. The van der Waals surface area contributed by atoms with Crippen LogP contribution < -0.4 is 10.1 Å². The monoisotopic (exact) mass is 412 g/mol. The maximum atomic E-state index is 14.0. The zero-order valence-corrected chi connectivity index (χ0v) is 17.5. The van der Waals surface area contributed by atoms with E-state index in [0.29, 0.717) is 5.70 Å². The number of nitrogens with zero attached hydrogens (tertiary/aromatic N) is 1. The lowest BCUT2D eigenvalue weighted by Gasteiger charge is -2.35. The van der Waals surface area contributed by atoms with E-state index in [2.05, 4.69) is 5.32 Å². The Morgan fingerprint density at radius 3 is 2.63 bits per heavy atom. The van der Waals surface area contributed by atoms with Crippen LogP contribution in [0.25, 0.3) is 0 Å². The van der Waals surface area contributed by atoms with Crippen LogP contribution in [0.2, 0.25) is 0 Å². The number of para-hydroxylation sites is 1. The van der Waals surface area contributed by atoms with Gasteiger partial charge in [0.1, 0.15) is 6.61 Å². The zero-order valence-electron chi connectivity index (χ0n) is 17.5. The van der Waals surface area contributed by atoms with Crippen molar-refractivity contribution in [3.8, 4) is 5.75 Å². The number of rotatable bonds is 6. The van der Waals surface area contributed by atoms with E-state index in [0.717, 1.165) is 16.7 Å². The minimum absolute atomic E-state index is 0.0378. The van der Waals surface area contributed by atoms with Gasteiger partial charge in [0, 0.05) is 7.05 Å². The SMILES string of the molecule is CCOC(=O)C1=C(COc2ccccc2F)N(C)C(=O)NC1c1cc(C)ccc1C. The van der Waals surface area contributed by atoms with Gasteiger partial charge in [0.05, 0.1) is 23.9 Å². The van der Waals surface area contributed by atoms with E-state index in [4.69, 9.17) is 9.47 Å². The first-order valence-corrected chi connectivity index (χ1v) is 9.72. The smallest absolute Gasteiger partial charge is 0.338 e. The van der Waals surface area contributed by atoms with Crippen LogP contribution in [0.5, 0.6) is 5.75 Å². The number of aryl methyl sites for hydroxylation is 2. The van der Waals surface area contributed by atoms with Gasteiger partial charge in [0.25, 0.3) is 0 Å². The Kier molecular flexibility index (Phi) is 6.40. The molecule has 0 bridgehead atoms. The molecule has 30 heavy (non-hydrogen) atoms. The van der Waals surface area contributed by atoms with E-state index in [1.807, 2.05) is 32.0 Å². The molecule has 0 radical (unpaired) electrons. The van der Waals surface area contributed by atoms with Crippen LogP contribution in [-0.2, 0) is 9.53 Å². The summed E-state index contributed by atoms with van der Waals surface area (Å²) in [5, 5.41) is 2.88. The number of carbonyl (C=O) groups is 2. The van der Waals surface area contributed by atoms with E-state index in [1.165, 1.54) is 24.1 Å². The molecule has 7 heteroatoms. The molecule has 1 aliphatic heterocycles. The Hall–Kier alpha value is -3.35. The first kappa shape index (κ1) is 21.4. The van der Waals surface area contributed by atoms with E-state index >= 15 is 0 Å². The molecule has 6 nitrogen and oxygen atoms in total. The Labute approximate surface area is 175 Å².